The quantitative estimate of drug-likeness (QED) is 0.609. The first-order valence-corrected chi connectivity index (χ1v) is 7.57. The zero-order valence-electron chi connectivity index (χ0n) is 12.9. The molecule has 114 valence electrons. The summed E-state index contributed by atoms with van der Waals surface area (Å²) in [6.45, 7) is 1.72. The maximum absolute atomic E-state index is 14.0. The Morgan fingerprint density at radius 2 is 1.43 bits per heavy atom. The highest BCUT2D eigenvalue weighted by atomic mass is 19.1. The van der Waals surface area contributed by atoms with Gasteiger partial charge in [0.05, 0.1) is 5.92 Å². The molecule has 23 heavy (non-hydrogen) atoms. The fourth-order valence-corrected chi connectivity index (χ4v) is 2.70. The number of benzene rings is 3. The monoisotopic (exact) mass is 304 g/mol. The van der Waals surface area contributed by atoms with Crippen LogP contribution in [0.15, 0.2) is 78.9 Å². The van der Waals surface area contributed by atoms with Crippen LogP contribution in [0.5, 0.6) is 0 Å². The molecule has 0 bridgehead atoms. The van der Waals surface area contributed by atoms with E-state index >= 15 is 0 Å². The van der Waals surface area contributed by atoms with Crippen LogP contribution in [-0.2, 0) is 0 Å². The van der Waals surface area contributed by atoms with Crippen molar-refractivity contribution in [1.82, 2.24) is 0 Å². The zero-order chi connectivity index (χ0) is 16.2. The third-order valence-corrected chi connectivity index (χ3v) is 3.98. The van der Waals surface area contributed by atoms with E-state index in [2.05, 4.69) is 0 Å². The minimum Gasteiger partial charge on any atom is -0.293 e. The number of hydrogen-bond donors (Lipinski definition) is 0. The summed E-state index contributed by atoms with van der Waals surface area (Å²) in [7, 11) is 0. The molecule has 0 spiro atoms. The molecule has 0 aliphatic rings. The third-order valence-electron chi connectivity index (χ3n) is 3.98. The molecule has 1 nitrogen and oxygen atoms in total. The van der Waals surface area contributed by atoms with Gasteiger partial charge in [0, 0.05) is 5.56 Å². The van der Waals surface area contributed by atoms with E-state index in [4.69, 9.17) is 0 Å². The van der Waals surface area contributed by atoms with Gasteiger partial charge in [-0.2, -0.15) is 0 Å². The van der Waals surface area contributed by atoms with Gasteiger partial charge >= 0.3 is 0 Å². The van der Waals surface area contributed by atoms with Crippen LogP contribution in [0.25, 0.3) is 0 Å². The molecule has 1 atom stereocenters. The van der Waals surface area contributed by atoms with E-state index in [1.807, 2.05) is 54.6 Å². The Morgan fingerprint density at radius 1 is 0.826 bits per heavy atom. The molecule has 0 aliphatic heterocycles. The van der Waals surface area contributed by atoms with Gasteiger partial charge in [-0.1, -0.05) is 72.8 Å². The summed E-state index contributed by atoms with van der Waals surface area (Å²) >= 11 is 0. The van der Waals surface area contributed by atoms with Gasteiger partial charge in [-0.3, -0.25) is 4.79 Å². The molecular weight excluding hydrogens is 287 g/mol. The Hall–Kier alpha value is -2.74. The molecule has 0 N–H and O–H groups in total. The number of carbonyl (C=O) groups is 1. The summed E-state index contributed by atoms with van der Waals surface area (Å²) in [4.78, 5) is 13.0. The minimum absolute atomic E-state index is 0.0277. The number of hydrogen-bond acceptors (Lipinski definition) is 1. The summed E-state index contributed by atoms with van der Waals surface area (Å²) in [6.07, 6.45) is 0. The van der Waals surface area contributed by atoms with Gasteiger partial charge in [0.1, 0.15) is 5.82 Å². The standard InChI is InChI=1S/C21H17FO/c1-15-12-13-18(14-19(15)22)20(16-8-4-2-5-9-16)21(23)17-10-6-3-7-11-17/h2-14,20H,1H3/t20-/m1/s1. The average molecular weight is 304 g/mol. The predicted molar refractivity (Wildman–Crippen MR) is 90.2 cm³/mol. The lowest BCUT2D eigenvalue weighted by Gasteiger charge is -2.17. The lowest BCUT2D eigenvalue weighted by atomic mass is 9.84. The normalized spacial score (nSPS) is 11.9. The average Bonchev–Trinajstić information content (AvgIpc) is 2.60. The van der Waals surface area contributed by atoms with Crippen molar-refractivity contribution in [3.63, 3.8) is 0 Å². The third kappa shape index (κ3) is 3.21. The maximum atomic E-state index is 14.0. The SMILES string of the molecule is Cc1ccc([C@H](C(=O)c2ccccc2)c2ccccc2)cc1F. The van der Waals surface area contributed by atoms with Gasteiger partial charge in [0.25, 0.3) is 0 Å². The van der Waals surface area contributed by atoms with Crippen LogP contribution in [0.1, 0.15) is 33.0 Å². The second-order valence-electron chi connectivity index (χ2n) is 5.58. The topological polar surface area (TPSA) is 17.1 Å². The predicted octanol–water partition coefficient (Wildman–Crippen LogP) is 5.15. The Kier molecular flexibility index (Phi) is 4.33. The molecule has 3 rings (SSSR count). The maximum Gasteiger partial charge on any atom is 0.174 e. The Bertz CT molecular complexity index is 810. The number of Topliss-reactive ketones (excluding diaryl/α,β-unsaturated/α-hetero) is 1. The molecule has 0 fully saturated rings. The first kappa shape index (κ1) is 15.2. The van der Waals surface area contributed by atoms with Crippen molar-refractivity contribution in [3.05, 3.63) is 107 Å². The van der Waals surface area contributed by atoms with Crippen LogP contribution in [-0.4, -0.2) is 5.78 Å². The van der Waals surface area contributed by atoms with E-state index in [0.717, 1.165) is 5.56 Å². The van der Waals surface area contributed by atoms with Crippen molar-refractivity contribution in [2.24, 2.45) is 0 Å². The van der Waals surface area contributed by atoms with E-state index < -0.39 is 5.92 Å². The van der Waals surface area contributed by atoms with Crippen LogP contribution >= 0.6 is 0 Å². The lowest BCUT2D eigenvalue weighted by Crippen LogP contribution is -2.15. The first-order chi connectivity index (χ1) is 11.2. The van der Waals surface area contributed by atoms with Crippen molar-refractivity contribution in [3.8, 4) is 0 Å². The Morgan fingerprint density at radius 3 is 2.04 bits per heavy atom. The summed E-state index contributed by atoms with van der Waals surface area (Å²) in [6, 6.07) is 23.7. The zero-order valence-corrected chi connectivity index (χ0v) is 12.9. The molecule has 0 saturated heterocycles. The largest absolute Gasteiger partial charge is 0.293 e. The Balaban J connectivity index is 2.11. The van der Waals surface area contributed by atoms with Gasteiger partial charge < -0.3 is 0 Å². The van der Waals surface area contributed by atoms with Crippen molar-refractivity contribution >= 4 is 5.78 Å². The van der Waals surface area contributed by atoms with E-state index in [-0.39, 0.29) is 11.6 Å². The highest BCUT2D eigenvalue weighted by Gasteiger charge is 2.24. The van der Waals surface area contributed by atoms with Gasteiger partial charge in [-0.25, -0.2) is 4.39 Å². The molecule has 2 heteroatoms. The number of ketones is 1. The van der Waals surface area contributed by atoms with Gasteiger partial charge in [0.2, 0.25) is 0 Å². The molecular formula is C21H17FO. The molecule has 0 heterocycles. The van der Waals surface area contributed by atoms with Crippen molar-refractivity contribution in [2.45, 2.75) is 12.8 Å². The number of halogens is 1. The summed E-state index contributed by atoms with van der Waals surface area (Å²) in [5, 5.41) is 0. The van der Waals surface area contributed by atoms with Gasteiger partial charge in [0.15, 0.2) is 5.78 Å². The van der Waals surface area contributed by atoms with Crippen LogP contribution < -0.4 is 0 Å². The summed E-state index contributed by atoms with van der Waals surface area (Å²) in [5.74, 6) is -0.821. The van der Waals surface area contributed by atoms with Crippen LogP contribution in [0.4, 0.5) is 4.39 Å². The van der Waals surface area contributed by atoms with Crippen molar-refractivity contribution in [2.75, 3.05) is 0 Å². The highest BCUT2D eigenvalue weighted by molar-refractivity contribution is 6.03. The second kappa shape index (κ2) is 6.57. The van der Waals surface area contributed by atoms with E-state index in [0.29, 0.717) is 16.7 Å². The smallest absolute Gasteiger partial charge is 0.174 e. The molecule has 0 aliphatic carbocycles. The molecule has 3 aromatic carbocycles. The van der Waals surface area contributed by atoms with E-state index in [9.17, 15) is 9.18 Å². The first-order valence-electron chi connectivity index (χ1n) is 7.57. The number of rotatable bonds is 4. The van der Waals surface area contributed by atoms with E-state index in [1.165, 1.54) is 6.07 Å². The fourth-order valence-electron chi connectivity index (χ4n) is 2.70. The molecule has 0 radical (unpaired) electrons. The number of carbonyl (C=O) groups excluding carboxylic acids is 1. The molecule has 3 aromatic rings. The van der Waals surface area contributed by atoms with Gasteiger partial charge in [-0.15, -0.1) is 0 Å². The second-order valence-corrected chi connectivity index (χ2v) is 5.58. The van der Waals surface area contributed by atoms with Crippen LogP contribution in [0.2, 0.25) is 0 Å². The summed E-state index contributed by atoms with van der Waals surface area (Å²) in [5.41, 5.74) is 2.74. The van der Waals surface area contributed by atoms with Crippen molar-refractivity contribution in [1.29, 1.82) is 0 Å². The van der Waals surface area contributed by atoms with E-state index in [1.54, 1.807) is 25.1 Å². The molecule has 0 unspecified atom stereocenters. The minimum atomic E-state index is -0.506. The van der Waals surface area contributed by atoms with Crippen LogP contribution in [0, 0.1) is 12.7 Å². The van der Waals surface area contributed by atoms with Gasteiger partial charge in [-0.05, 0) is 29.7 Å². The Labute approximate surface area is 135 Å². The molecule has 0 saturated carbocycles. The highest BCUT2D eigenvalue weighted by Crippen LogP contribution is 2.29. The number of aryl methyl sites for hydroxylation is 1. The molecule has 0 aromatic heterocycles. The molecule has 0 amide bonds. The lowest BCUT2D eigenvalue weighted by molar-refractivity contribution is 0.0974. The van der Waals surface area contributed by atoms with Crippen LogP contribution in [0.3, 0.4) is 0 Å². The fraction of sp³-hybridized carbons (Fsp3) is 0.0952. The summed E-state index contributed by atoms with van der Waals surface area (Å²) < 4.78 is 14.0. The van der Waals surface area contributed by atoms with Crippen molar-refractivity contribution < 1.29 is 9.18 Å².